The SMILES string of the molecule is CCCC[C@]1(c2ccc(F)cc2)NC(=O)N(CC(=O)OC)C1=O. The maximum atomic E-state index is 13.2. The number of nitrogens with zero attached hydrogens (tertiary/aromatic N) is 1. The van der Waals surface area contributed by atoms with Gasteiger partial charge in [0.15, 0.2) is 0 Å². The third-order valence-electron chi connectivity index (χ3n) is 3.93. The molecule has 0 saturated carbocycles. The number of urea groups is 1. The molecule has 2 rings (SSSR count). The molecule has 0 radical (unpaired) electrons. The summed E-state index contributed by atoms with van der Waals surface area (Å²) in [4.78, 5) is 37.2. The van der Waals surface area contributed by atoms with Crippen molar-refractivity contribution >= 4 is 17.9 Å². The Balaban J connectivity index is 2.39. The number of carbonyl (C=O) groups excluding carboxylic acids is 3. The van der Waals surface area contributed by atoms with Gasteiger partial charge < -0.3 is 10.1 Å². The van der Waals surface area contributed by atoms with Gasteiger partial charge in [0.25, 0.3) is 5.91 Å². The lowest BCUT2D eigenvalue weighted by Crippen LogP contribution is -2.44. The average molecular weight is 322 g/mol. The molecule has 1 aromatic rings. The molecule has 1 saturated heterocycles. The van der Waals surface area contributed by atoms with Crippen LogP contribution in [0.25, 0.3) is 0 Å². The fourth-order valence-corrected chi connectivity index (χ4v) is 2.65. The van der Waals surface area contributed by atoms with Crippen LogP contribution >= 0.6 is 0 Å². The molecule has 1 heterocycles. The summed E-state index contributed by atoms with van der Waals surface area (Å²) >= 11 is 0. The number of ether oxygens (including phenoxy) is 1. The fraction of sp³-hybridized carbons (Fsp3) is 0.438. The van der Waals surface area contributed by atoms with Gasteiger partial charge in [-0.15, -0.1) is 0 Å². The van der Waals surface area contributed by atoms with Crippen LogP contribution in [0.15, 0.2) is 24.3 Å². The van der Waals surface area contributed by atoms with E-state index in [-0.39, 0.29) is 0 Å². The van der Waals surface area contributed by atoms with Gasteiger partial charge in [0.1, 0.15) is 17.9 Å². The molecule has 0 aromatic heterocycles. The van der Waals surface area contributed by atoms with Gasteiger partial charge >= 0.3 is 12.0 Å². The van der Waals surface area contributed by atoms with Crippen molar-refractivity contribution in [1.29, 1.82) is 0 Å². The molecule has 7 heteroatoms. The summed E-state index contributed by atoms with van der Waals surface area (Å²) in [5.41, 5.74) is -0.771. The molecule has 6 nitrogen and oxygen atoms in total. The van der Waals surface area contributed by atoms with Crippen LogP contribution < -0.4 is 5.32 Å². The van der Waals surface area contributed by atoms with E-state index < -0.39 is 35.8 Å². The molecule has 124 valence electrons. The van der Waals surface area contributed by atoms with Gasteiger partial charge in [0.05, 0.1) is 7.11 Å². The summed E-state index contributed by atoms with van der Waals surface area (Å²) in [6.45, 7) is 1.52. The normalized spacial score (nSPS) is 20.6. The van der Waals surface area contributed by atoms with E-state index in [4.69, 9.17) is 0 Å². The highest BCUT2D eigenvalue weighted by Gasteiger charge is 2.52. The Kier molecular flexibility index (Phi) is 4.98. The maximum absolute atomic E-state index is 13.2. The van der Waals surface area contributed by atoms with Crippen molar-refractivity contribution in [2.45, 2.75) is 31.7 Å². The summed E-state index contributed by atoms with van der Waals surface area (Å²) in [5.74, 6) is -1.63. The van der Waals surface area contributed by atoms with Crippen LogP contribution in [0.1, 0.15) is 31.7 Å². The molecule has 0 unspecified atom stereocenters. The standard InChI is InChI=1S/C16H19FN2O4/c1-3-4-9-16(11-5-7-12(17)8-6-11)14(21)19(15(22)18-16)10-13(20)23-2/h5-8H,3-4,9-10H2,1-2H3,(H,18,22)/t16-/m1/s1. The van der Waals surface area contributed by atoms with Crippen LogP contribution in [-0.4, -0.2) is 36.5 Å². The Morgan fingerprint density at radius 1 is 1.30 bits per heavy atom. The first-order valence-electron chi connectivity index (χ1n) is 7.41. The van der Waals surface area contributed by atoms with E-state index in [0.717, 1.165) is 11.3 Å². The van der Waals surface area contributed by atoms with Crippen molar-refractivity contribution in [2.75, 3.05) is 13.7 Å². The zero-order valence-corrected chi connectivity index (χ0v) is 13.1. The number of benzene rings is 1. The van der Waals surface area contributed by atoms with E-state index in [0.29, 0.717) is 18.4 Å². The largest absolute Gasteiger partial charge is 0.468 e. The van der Waals surface area contributed by atoms with E-state index >= 15 is 0 Å². The zero-order chi connectivity index (χ0) is 17.0. The predicted octanol–water partition coefficient (Wildman–Crippen LogP) is 1.94. The lowest BCUT2D eigenvalue weighted by Gasteiger charge is -2.27. The molecule has 1 N–H and O–H groups in total. The van der Waals surface area contributed by atoms with Gasteiger partial charge in [-0.1, -0.05) is 31.9 Å². The molecule has 0 bridgehead atoms. The van der Waals surface area contributed by atoms with E-state index in [1.807, 2.05) is 6.92 Å². The van der Waals surface area contributed by atoms with Crippen molar-refractivity contribution in [3.05, 3.63) is 35.6 Å². The Labute approximate surface area is 133 Å². The molecular weight excluding hydrogens is 303 g/mol. The molecule has 1 atom stereocenters. The second-order valence-electron chi connectivity index (χ2n) is 5.41. The third kappa shape index (κ3) is 3.18. The van der Waals surface area contributed by atoms with E-state index in [1.54, 1.807) is 0 Å². The minimum atomic E-state index is -1.27. The lowest BCUT2D eigenvalue weighted by atomic mass is 9.85. The van der Waals surface area contributed by atoms with Crippen LogP contribution in [0.2, 0.25) is 0 Å². The highest BCUT2D eigenvalue weighted by Crippen LogP contribution is 2.34. The van der Waals surface area contributed by atoms with Gasteiger partial charge in [0.2, 0.25) is 0 Å². The summed E-state index contributed by atoms with van der Waals surface area (Å²) in [6.07, 6.45) is 1.88. The molecule has 1 aliphatic heterocycles. The zero-order valence-electron chi connectivity index (χ0n) is 13.1. The van der Waals surface area contributed by atoms with Crippen molar-refractivity contribution in [1.82, 2.24) is 10.2 Å². The van der Waals surface area contributed by atoms with Crippen molar-refractivity contribution in [2.24, 2.45) is 0 Å². The molecule has 1 aliphatic rings. The Morgan fingerprint density at radius 3 is 2.52 bits per heavy atom. The number of carbonyl (C=O) groups is 3. The predicted molar refractivity (Wildman–Crippen MR) is 79.9 cm³/mol. The molecule has 0 aliphatic carbocycles. The van der Waals surface area contributed by atoms with Gasteiger partial charge in [-0.3, -0.25) is 14.5 Å². The number of hydrogen-bond acceptors (Lipinski definition) is 4. The third-order valence-corrected chi connectivity index (χ3v) is 3.93. The average Bonchev–Trinajstić information content (AvgIpc) is 2.78. The first kappa shape index (κ1) is 16.9. The number of esters is 1. The summed E-state index contributed by atoms with van der Waals surface area (Å²) in [6, 6.07) is 4.78. The van der Waals surface area contributed by atoms with Crippen LogP contribution in [0.3, 0.4) is 0 Å². The summed E-state index contributed by atoms with van der Waals surface area (Å²) < 4.78 is 17.7. The van der Waals surface area contributed by atoms with Crippen molar-refractivity contribution < 1.29 is 23.5 Å². The molecule has 1 aromatic carbocycles. The Bertz CT molecular complexity index is 617. The molecule has 3 amide bonds. The Hall–Kier alpha value is -2.44. The lowest BCUT2D eigenvalue weighted by molar-refractivity contribution is -0.145. The summed E-state index contributed by atoms with van der Waals surface area (Å²) in [7, 11) is 1.19. The van der Waals surface area contributed by atoms with E-state index in [1.165, 1.54) is 31.4 Å². The van der Waals surface area contributed by atoms with Gasteiger partial charge in [-0.05, 0) is 24.1 Å². The van der Waals surface area contributed by atoms with Crippen LogP contribution in [-0.2, 0) is 19.9 Å². The minimum absolute atomic E-state index is 0.372. The molecular formula is C16H19FN2O4. The second kappa shape index (κ2) is 6.76. The highest BCUT2D eigenvalue weighted by atomic mass is 19.1. The molecule has 23 heavy (non-hydrogen) atoms. The molecule has 0 spiro atoms. The van der Waals surface area contributed by atoms with Gasteiger partial charge in [-0.25, -0.2) is 9.18 Å². The number of amides is 3. The topological polar surface area (TPSA) is 75.7 Å². The highest BCUT2D eigenvalue weighted by molar-refractivity contribution is 6.09. The van der Waals surface area contributed by atoms with E-state index in [9.17, 15) is 18.8 Å². The number of methoxy groups -OCH3 is 1. The number of nitrogens with one attached hydrogen (secondary N) is 1. The van der Waals surface area contributed by atoms with Crippen LogP contribution in [0, 0.1) is 5.82 Å². The minimum Gasteiger partial charge on any atom is -0.468 e. The first-order chi connectivity index (χ1) is 10.9. The number of halogens is 1. The maximum Gasteiger partial charge on any atom is 0.325 e. The number of imide groups is 1. The first-order valence-corrected chi connectivity index (χ1v) is 7.41. The van der Waals surface area contributed by atoms with Crippen LogP contribution in [0.5, 0.6) is 0 Å². The monoisotopic (exact) mass is 322 g/mol. The van der Waals surface area contributed by atoms with Gasteiger partial charge in [0, 0.05) is 0 Å². The summed E-state index contributed by atoms with van der Waals surface area (Å²) in [5, 5.41) is 2.67. The smallest absolute Gasteiger partial charge is 0.325 e. The quantitative estimate of drug-likeness (QED) is 0.641. The van der Waals surface area contributed by atoms with Crippen molar-refractivity contribution in [3.8, 4) is 0 Å². The number of rotatable bonds is 6. The van der Waals surface area contributed by atoms with Gasteiger partial charge in [-0.2, -0.15) is 0 Å². The second-order valence-corrected chi connectivity index (χ2v) is 5.41. The Morgan fingerprint density at radius 2 is 1.96 bits per heavy atom. The fourth-order valence-electron chi connectivity index (χ4n) is 2.65. The number of unbranched alkanes of at least 4 members (excludes halogenated alkanes) is 1. The van der Waals surface area contributed by atoms with Crippen LogP contribution in [0.4, 0.5) is 9.18 Å². The molecule has 1 fully saturated rings. The van der Waals surface area contributed by atoms with Crippen molar-refractivity contribution in [3.63, 3.8) is 0 Å². The van der Waals surface area contributed by atoms with E-state index in [2.05, 4.69) is 10.1 Å². The number of hydrogen-bond donors (Lipinski definition) is 1.